The van der Waals surface area contributed by atoms with Crippen molar-refractivity contribution in [3.8, 4) is 0 Å². The lowest BCUT2D eigenvalue weighted by molar-refractivity contribution is -0.134. The molecule has 124 valence electrons. The van der Waals surface area contributed by atoms with Crippen LogP contribution in [0, 0.1) is 0 Å². The molecule has 0 radical (unpaired) electrons. The van der Waals surface area contributed by atoms with Gasteiger partial charge in [-0.15, -0.1) is 0 Å². The Morgan fingerprint density at radius 2 is 1.87 bits per heavy atom. The fourth-order valence-corrected chi connectivity index (χ4v) is 2.58. The van der Waals surface area contributed by atoms with Crippen molar-refractivity contribution in [2.24, 2.45) is 7.05 Å². The van der Waals surface area contributed by atoms with Crippen LogP contribution in [0.5, 0.6) is 0 Å². The number of aryl methyl sites for hydroxylation is 1. The molecule has 2 rings (SSSR count). The van der Waals surface area contributed by atoms with E-state index in [0.717, 1.165) is 17.7 Å². The van der Waals surface area contributed by atoms with Gasteiger partial charge in [-0.2, -0.15) is 5.10 Å². The predicted molar refractivity (Wildman–Crippen MR) is 91.7 cm³/mol. The molecule has 23 heavy (non-hydrogen) atoms. The lowest BCUT2D eigenvalue weighted by atomic mass is 10.2. The topological polar surface area (TPSA) is 41.4 Å². The van der Waals surface area contributed by atoms with Crippen molar-refractivity contribution >= 4 is 5.91 Å². The maximum atomic E-state index is 12.7. The molecule has 0 atom stereocenters. The number of hydrogen-bond acceptors (Lipinski definition) is 3. The van der Waals surface area contributed by atoms with Gasteiger partial charge in [0.05, 0.1) is 12.7 Å². The Morgan fingerprint density at radius 1 is 1.17 bits per heavy atom. The monoisotopic (exact) mass is 314 g/mol. The number of nitrogens with zero attached hydrogens (tertiary/aromatic N) is 4. The van der Waals surface area contributed by atoms with Gasteiger partial charge >= 0.3 is 0 Å². The third kappa shape index (κ3) is 5.21. The average Bonchev–Trinajstić information content (AvgIpc) is 2.90. The molecule has 0 aliphatic heterocycles. The molecule has 1 amide bonds. The van der Waals surface area contributed by atoms with E-state index in [0.29, 0.717) is 13.1 Å². The van der Waals surface area contributed by atoms with Crippen molar-refractivity contribution in [3.63, 3.8) is 0 Å². The largest absolute Gasteiger partial charge is 0.335 e. The van der Waals surface area contributed by atoms with E-state index >= 15 is 0 Å². The zero-order valence-electron chi connectivity index (χ0n) is 14.4. The van der Waals surface area contributed by atoms with Gasteiger partial charge in [0, 0.05) is 37.9 Å². The minimum absolute atomic E-state index is 0.148. The van der Waals surface area contributed by atoms with Gasteiger partial charge in [-0.3, -0.25) is 14.4 Å². The molecule has 0 unspecified atom stereocenters. The van der Waals surface area contributed by atoms with Gasteiger partial charge in [-0.05, 0) is 26.5 Å². The van der Waals surface area contributed by atoms with E-state index in [-0.39, 0.29) is 11.9 Å². The summed E-state index contributed by atoms with van der Waals surface area (Å²) in [7, 11) is 3.86. The van der Waals surface area contributed by atoms with E-state index in [1.807, 2.05) is 54.5 Å². The minimum atomic E-state index is 0.148. The van der Waals surface area contributed by atoms with Crippen LogP contribution in [-0.4, -0.2) is 45.1 Å². The summed E-state index contributed by atoms with van der Waals surface area (Å²) < 4.78 is 1.78. The van der Waals surface area contributed by atoms with Crippen LogP contribution in [0.3, 0.4) is 0 Å². The van der Waals surface area contributed by atoms with Gasteiger partial charge in [-0.1, -0.05) is 30.3 Å². The summed E-state index contributed by atoms with van der Waals surface area (Å²) in [5.74, 6) is 0.148. The van der Waals surface area contributed by atoms with E-state index in [4.69, 9.17) is 0 Å². The SMILES string of the molecule is CC(C)N(Cc1ccccc1)C(=O)CN(C)Cc1cnn(C)c1. The summed E-state index contributed by atoms with van der Waals surface area (Å²) in [5, 5.41) is 4.16. The Bertz CT molecular complexity index is 621. The van der Waals surface area contributed by atoms with E-state index < -0.39 is 0 Å². The molecule has 1 aromatic carbocycles. The normalized spacial score (nSPS) is 11.2. The first kappa shape index (κ1) is 17.2. The molecule has 1 aromatic heterocycles. The Kier molecular flexibility index (Phi) is 5.93. The van der Waals surface area contributed by atoms with Crippen molar-refractivity contribution in [2.75, 3.05) is 13.6 Å². The highest BCUT2D eigenvalue weighted by molar-refractivity contribution is 5.78. The molecule has 0 N–H and O–H groups in total. The number of rotatable bonds is 7. The molecular formula is C18H26N4O. The fourth-order valence-electron chi connectivity index (χ4n) is 2.58. The summed E-state index contributed by atoms with van der Waals surface area (Å²) in [6, 6.07) is 10.3. The van der Waals surface area contributed by atoms with E-state index in [9.17, 15) is 4.79 Å². The highest BCUT2D eigenvalue weighted by atomic mass is 16.2. The number of carbonyl (C=O) groups is 1. The van der Waals surface area contributed by atoms with E-state index in [1.54, 1.807) is 4.68 Å². The first-order valence-corrected chi connectivity index (χ1v) is 7.95. The Labute approximate surface area is 138 Å². The van der Waals surface area contributed by atoms with Crippen LogP contribution >= 0.6 is 0 Å². The number of aromatic nitrogens is 2. The molecule has 1 heterocycles. The van der Waals surface area contributed by atoms with Crippen molar-refractivity contribution in [3.05, 3.63) is 53.9 Å². The van der Waals surface area contributed by atoms with Crippen LogP contribution < -0.4 is 0 Å². The molecular weight excluding hydrogens is 288 g/mol. The number of amides is 1. The predicted octanol–water partition coefficient (Wildman–Crippen LogP) is 2.29. The van der Waals surface area contributed by atoms with Crippen LogP contribution in [0.2, 0.25) is 0 Å². The van der Waals surface area contributed by atoms with E-state index in [2.05, 4.69) is 31.1 Å². The molecule has 0 aliphatic carbocycles. The Balaban J connectivity index is 1.95. The standard InChI is InChI=1S/C18H26N4O/c1-15(2)22(13-16-8-6-5-7-9-16)18(23)14-20(3)11-17-10-19-21(4)12-17/h5-10,12,15H,11,13-14H2,1-4H3. The van der Waals surface area contributed by atoms with Gasteiger partial charge in [0.15, 0.2) is 0 Å². The summed E-state index contributed by atoms with van der Waals surface area (Å²) in [4.78, 5) is 16.6. The van der Waals surface area contributed by atoms with Crippen LogP contribution in [-0.2, 0) is 24.9 Å². The van der Waals surface area contributed by atoms with Crippen molar-refractivity contribution in [1.29, 1.82) is 0 Å². The molecule has 2 aromatic rings. The third-order valence-corrected chi connectivity index (χ3v) is 3.76. The van der Waals surface area contributed by atoms with Crippen LogP contribution in [0.1, 0.15) is 25.0 Å². The first-order chi connectivity index (χ1) is 11.0. The zero-order valence-corrected chi connectivity index (χ0v) is 14.4. The second-order valence-corrected chi connectivity index (χ2v) is 6.30. The average molecular weight is 314 g/mol. The lowest BCUT2D eigenvalue weighted by Crippen LogP contribution is -2.42. The van der Waals surface area contributed by atoms with Gasteiger partial charge in [0.1, 0.15) is 0 Å². The maximum absolute atomic E-state index is 12.7. The zero-order chi connectivity index (χ0) is 16.8. The molecule has 0 bridgehead atoms. The molecule has 0 aliphatic rings. The Morgan fingerprint density at radius 3 is 2.43 bits per heavy atom. The second kappa shape index (κ2) is 7.92. The summed E-state index contributed by atoms with van der Waals surface area (Å²) in [6.07, 6.45) is 3.82. The van der Waals surface area contributed by atoms with Crippen LogP contribution in [0.4, 0.5) is 0 Å². The highest BCUT2D eigenvalue weighted by Crippen LogP contribution is 2.10. The quantitative estimate of drug-likeness (QED) is 0.787. The molecule has 5 heteroatoms. The molecule has 0 fully saturated rings. The summed E-state index contributed by atoms with van der Waals surface area (Å²) >= 11 is 0. The van der Waals surface area contributed by atoms with E-state index in [1.165, 1.54) is 0 Å². The van der Waals surface area contributed by atoms with Gasteiger partial charge in [-0.25, -0.2) is 0 Å². The fraction of sp³-hybridized carbons (Fsp3) is 0.444. The van der Waals surface area contributed by atoms with Crippen molar-refractivity contribution < 1.29 is 4.79 Å². The number of likely N-dealkylation sites (N-methyl/N-ethyl adjacent to an activating group) is 1. The summed E-state index contributed by atoms with van der Waals surface area (Å²) in [6.45, 7) is 5.89. The van der Waals surface area contributed by atoms with Crippen molar-refractivity contribution in [2.45, 2.75) is 33.0 Å². The minimum Gasteiger partial charge on any atom is -0.335 e. The van der Waals surface area contributed by atoms with Crippen LogP contribution in [0.25, 0.3) is 0 Å². The first-order valence-electron chi connectivity index (χ1n) is 7.95. The summed E-state index contributed by atoms with van der Waals surface area (Å²) in [5.41, 5.74) is 2.27. The van der Waals surface area contributed by atoms with Crippen LogP contribution in [0.15, 0.2) is 42.7 Å². The maximum Gasteiger partial charge on any atom is 0.237 e. The Hall–Kier alpha value is -2.14. The number of hydrogen-bond donors (Lipinski definition) is 0. The smallest absolute Gasteiger partial charge is 0.237 e. The van der Waals surface area contributed by atoms with Gasteiger partial charge < -0.3 is 4.90 Å². The molecule has 5 nitrogen and oxygen atoms in total. The number of carbonyl (C=O) groups excluding carboxylic acids is 1. The second-order valence-electron chi connectivity index (χ2n) is 6.30. The molecule has 0 saturated carbocycles. The van der Waals surface area contributed by atoms with Gasteiger partial charge in [0.2, 0.25) is 5.91 Å². The van der Waals surface area contributed by atoms with Gasteiger partial charge in [0.25, 0.3) is 0 Å². The molecule has 0 saturated heterocycles. The highest BCUT2D eigenvalue weighted by Gasteiger charge is 2.19. The third-order valence-electron chi connectivity index (χ3n) is 3.76. The lowest BCUT2D eigenvalue weighted by Gasteiger charge is -2.29. The van der Waals surface area contributed by atoms with Crippen molar-refractivity contribution in [1.82, 2.24) is 19.6 Å². The number of benzene rings is 1. The molecule has 0 spiro atoms.